The first-order valence-electron chi connectivity index (χ1n) is 10.3. The van der Waals surface area contributed by atoms with E-state index in [4.69, 9.17) is 25.8 Å². The summed E-state index contributed by atoms with van der Waals surface area (Å²) in [5.41, 5.74) is -0.152. The Balaban J connectivity index is 1.61. The van der Waals surface area contributed by atoms with Gasteiger partial charge in [-0.2, -0.15) is 0 Å². The fraction of sp³-hybridized carbons (Fsp3) is 0.667. The topological polar surface area (TPSA) is 81.2 Å². The Kier molecular flexibility index (Phi) is 7.08. The molecule has 9 heteroatoms. The molecule has 0 unspecified atom stereocenters. The summed E-state index contributed by atoms with van der Waals surface area (Å²) in [6, 6.07) is 1.44. The number of piperazine rings is 1. The monoisotopic (exact) mass is 439 g/mol. The zero-order valence-corrected chi connectivity index (χ0v) is 18.8. The van der Waals surface area contributed by atoms with Crippen LogP contribution in [0.4, 0.5) is 4.79 Å². The normalized spacial score (nSPS) is 20.8. The van der Waals surface area contributed by atoms with Crippen molar-refractivity contribution in [2.75, 3.05) is 32.8 Å². The molecule has 0 N–H and O–H groups in total. The van der Waals surface area contributed by atoms with Crippen molar-refractivity contribution in [2.24, 2.45) is 0 Å². The maximum absolute atomic E-state index is 13.0. The number of hydrogen-bond acceptors (Lipinski definition) is 6. The van der Waals surface area contributed by atoms with Crippen molar-refractivity contribution in [2.45, 2.75) is 58.3 Å². The van der Waals surface area contributed by atoms with E-state index in [1.54, 1.807) is 15.9 Å². The molecule has 3 heterocycles. The SMILES string of the molecule is C[C@@H]1CN(C(=O)OC(C)(C)C)CCN1C(=O)c1cnc(OC2CCOCC2)c(Cl)c1. The highest BCUT2D eigenvalue weighted by Gasteiger charge is 2.33. The summed E-state index contributed by atoms with van der Waals surface area (Å²) in [4.78, 5) is 32.9. The predicted molar refractivity (Wildman–Crippen MR) is 112 cm³/mol. The van der Waals surface area contributed by atoms with Gasteiger partial charge in [-0.1, -0.05) is 11.6 Å². The van der Waals surface area contributed by atoms with Gasteiger partial charge in [0.25, 0.3) is 5.91 Å². The molecule has 3 rings (SSSR count). The van der Waals surface area contributed by atoms with Crippen LogP contribution in [0.1, 0.15) is 50.9 Å². The van der Waals surface area contributed by atoms with Crippen LogP contribution in [0.25, 0.3) is 0 Å². The number of hydrogen-bond donors (Lipinski definition) is 0. The van der Waals surface area contributed by atoms with Crippen molar-refractivity contribution in [1.29, 1.82) is 0 Å². The molecule has 2 fully saturated rings. The average Bonchev–Trinajstić information content (AvgIpc) is 2.68. The van der Waals surface area contributed by atoms with E-state index in [1.165, 1.54) is 6.20 Å². The van der Waals surface area contributed by atoms with E-state index in [-0.39, 0.29) is 24.1 Å². The fourth-order valence-corrected chi connectivity index (χ4v) is 3.71. The second-order valence-electron chi connectivity index (χ2n) is 8.71. The molecule has 2 saturated heterocycles. The van der Waals surface area contributed by atoms with Gasteiger partial charge in [-0.15, -0.1) is 0 Å². The maximum Gasteiger partial charge on any atom is 0.410 e. The summed E-state index contributed by atoms with van der Waals surface area (Å²) in [5.74, 6) is 0.168. The lowest BCUT2D eigenvalue weighted by molar-refractivity contribution is 0.00613. The van der Waals surface area contributed by atoms with Crippen LogP contribution in [-0.4, -0.2) is 77.4 Å². The number of nitrogens with zero attached hydrogens (tertiary/aromatic N) is 3. The number of pyridine rings is 1. The van der Waals surface area contributed by atoms with E-state index in [9.17, 15) is 9.59 Å². The Labute approximate surface area is 182 Å². The Bertz CT molecular complexity index is 776. The van der Waals surface area contributed by atoms with Gasteiger partial charge >= 0.3 is 6.09 Å². The van der Waals surface area contributed by atoms with Gasteiger partial charge in [-0.3, -0.25) is 4.79 Å². The standard InChI is InChI=1S/C21H30ClN3O5/c1-14-13-24(20(27)30-21(2,3)4)7-8-25(14)19(26)15-11-17(22)18(23-12-15)29-16-5-9-28-10-6-16/h11-12,14,16H,5-10,13H2,1-4H3/t14-/m1/s1. The molecule has 8 nitrogen and oxygen atoms in total. The minimum absolute atomic E-state index is 0.0197. The summed E-state index contributed by atoms with van der Waals surface area (Å²) in [6.07, 6.45) is 2.73. The van der Waals surface area contributed by atoms with Crippen LogP contribution in [0.15, 0.2) is 12.3 Å². The molecular formula is C21H30ClN3O5. The minimum atomic E-state index is -0.551. The van der Waals surface area contributed by atoms with Crippen LogP contribution in [0.5, 0.6) is 5.88 Å². The third-order valence-electron chi connectivity index (χ3n) is 5.04. The predicted octanol–water partition coefficient (Wildman–Crippen LogP) is 3.37. The highest BCUT2D eigenvalue weighted by molar-refractivity contribution is 6.32. The van der Waals surface area contributed by atoms with Crippen molar-refractivity contribution in [3.63, 3.8) is 0 Å². The van der Waals surface area contributed by atoms with Crippen molar-refractivity contribution in [1.82, 2.24) is 14.8 Å². The Morgan fingerprint density at radius 3 is 2.53 bits per heavy atom. The Hall–Kier alpha value is -2.06. The quantitative estimate of drug-likeness (QED) is 0.718. The third-order valence-corrected chi connectivity index (χ3v) is 5.31. The molecule has 0 bridgehead atoms. The molecule has 0 saturated carbocycles. The van der Waals surface area contributed by atoms with Crippen LogP contribution >= 0.6 is 11.6 Å². The first-order chi connectivity index (χ1) is 14.1. The van der Waals surface area contributed by atoms with Crippen molar-refractivity contribution >= 4 is 23.6 Å². The van der Waals surface area contributed by atoms with Gasteiger partial charge in [0.15, 0.2) is 0 Å². The van der Waals surface area contributed by atoms with Crippen molar-refractivity contribution < 1.29 is 23.8 Å². The summed E-state index contributed by atoms with van der Waals surface area (Å²) in [6.45, 7) is 9.96. The zero-order valence-electron chi connectivity index (χ0n) is 18.0. The molecule has 30 heavy (non-hydrogen) atoms. The smallest absolute Gasteiger partial charge is 0.410 e. The van der Waals surface area contributed by atoms with Gasteiger partial charge in [0.05, 0.1) is 18.8 Å². The molecule has 1 aromatic rings. The van der Waals surface area contributed by atoms with Crippen molar-refractivity contribution in [3.8, 4) is 5.88 Å². The molecule has 0 radical (unpaired) electrons. The number of carbonyl (C=O) groups excluding carboxylic acids is 2. The van der Waals surface area contributed by atoms with E-state index >= 15 is 0 Å². The van der Waals surface area contributed by atoms with Crippen LogP contribution in [-0.2, 0) is 9.47 Å². The van der Waals surface area contributed by atoms with Gasteiger partial charge in [0, 0.05) is 44.7 Å². The number of aromatic nitrogens is 1. The van der Waals surface area contributed by atoms with E-state index < -0.39 is 5.60 Å². The lowest BCUT2D eigenvalue weighted by atomic mass is 10.1. The fourth-order valence-electron chi connectivity index (χ4n) is 3.50. The third kappa shape index (κ3) is 5.76. The lowest BCUT2D eigenvalue weighted by Gasteiger charge is -2.40. The van der Waals surface area contributed by atoms with Gasteiger partial charge in [0.1, 0.15) is 16.7 Å². The molecule has 2 aliphatic heterocycles. The number of carbonyl (C=O) groups is 2. The molecular weight excluding hydrogens is 410 g/mol. The van der Waals surface area contributed by atoms with E-state index in [2.05, 4.69) is 4.98 Å². The second-order valence-corrected chi connectivity index (χ2v) is 9.12. The molecule has 1 atom stereocenters. The first-order valence-corrected chi connectivity index (χ1v) is 10.7. The summed E-state index contributed by atoms with van der Waals surface area (Å²) < 4.78 is 16.6. The molecule has 2 aliphatic rings. The largest absolute Gasteiger partial charge is 0.473 e. The average molecular weight is 440 g/mol. The van der Waals surface area contributed by atoms with Gasteiger partial charge in [-0.05, 0) is 33.8 Å². The summed E-state index contributed by atoms with van der Waals surface area (Å²) in [7, 11) is 0. The minimum Gasteiger partial charge on any atom is -0.473 e. The number of amides is 2. The second kappa shape index (κ2) is 9.39. The van der Waals surface area contributed by atoms with Crippen molar-refractivity contribution in [3.05, 3.63) is 22.8 Å². The molecule has 2 amide bonds. The van der Waals surface area contributed by atoms with E-state index in [1.807, 2.05) is 27.7 Å². The Morgan fingerprint density at radius 2 is 1.93 bits per heavy atom. The first kappa shape index (κ1) is 22.6. The zero-order chi connectivity index (χ0) is 21.9. The number of ether oxygens (including phenoxy) is 3. The number of rotatable bonds is 3. The molecule has 0 spiro atoms. The Morgan fingerprint density at radius 1 is 1.23 bits per heavy atom. The van der Waals surface area contributed by atoms with Crippen LogP contribution < -0.4 is 4.74 Å². The summed E-state index contributed by atoms with van der Waals surface area (Å²) in [5, 5.41) is 0.312. The van der Waals surface area contributed by atoms with E-state index in [0.717, 1.165) is 12.8 Å². The molecule has 0 aromatic carbocycles. The van der Waals surface area contributed by atoms with Gasteiger partial charge in [-0.25, -0.2) is 9.78 Å². The number of halogens is 1. The molecule has 0 aliphatic carbocycles. The van der Waals surface area contributed by atoms with Crippen LogP contribution in [0.2, 0.25) is 5.02 Å². The molecule has 166 valence electrons. The van der Waals surface area contributed by atoms with Gasteiger partial charge in [0.2, 0.25) is 5.88 Å². The highest BCUT2D eigenvalue weighted by Crippen LogP contribution is 2.27. The lowest BCUT2D eigenvalue weighted by Crippen LogP contribution is -2.56. The van der Waals surface area contributed by atoms with E-state index in [0.29, 0.717) is 49.3 Å². The molecule has 1 aromatic heterocycles. The van der Waals surface area contributed by atoms with Crippen LogP contribution in [0, 0.1) is 0 Å². The maximum atomic E-state index is 13.0. The highest BCUT2D eigenvalue weighted by atomic mass is 35.5. The van der Waals surface area contributed by atoms with Crippen LogP contribution in [0.3, 0.4) is 0 Å². The summed E-state index contributed by atoms with van der Waals surface area (Å²) >= 11 is 6.34. The van der Waals surface area contributed by atoms with Gasteiger partial charge < -0.3 is 24.0 Å².